The second kappa shape index (κ2) is 11.2. The van der Waals surface area contributed by atoms with Crippen LogP contribution in [0.3, 0.4) is 0 Å². The number of hydrogen-bond donors (Lipinski definition) is 1. The molecule has 0 aliphatic heterocycles. The van der Waals surface area contributed by atoms with Crippen LogP contribution >= 0.6 is 0 Å². The number of anilines is 1. The zero-order chi connectivity index (χ0) is 22.1. The number of carbonyl (C=O) groups excluding carboxylic acids is 1. The number of nitrogens with one attached hydrogen (secondary N) is 1. The highest BCUT2D eigenvalue weighted by atomic mass is 16.5. The summed E-state index contributed by atoms with van der Waals surface area (Å²) in [6, 6.07) is 22.5. The maximum Gasteiger partial charge on any atom is 0.306 e. The van der Waals surface area contributed by atoms with Crippen molar-refractivity contribution in [2.24, 2.45) is 0 Å². The second-order valence-electron chi connectivity index (χ2n) is 7.27. The van der Waals surface area contributed by atoms with E-state index in [4.69, 9.17) is 14.5 Å². The topological polar surface area (TPSA) is 60.5 Å². The Bertz CT molecular complexity index is 972. The van der Waals surface area contributed by atoms with Crippen LogP contribution in [0.1, 0.15) is 43.9 Å². The number of methoxy groups -OCH3 is 1. The van der Waals surface area contributed by atoms with E-state index in [2.05, 4.69) is 18.3 Å². The van der Waals surface area contributed by atoms with Crippen molar-refractivity contribution in [3.8, 4) is 17.1 Å². The molecule has 0 fully saturated rings. The Morgan fingerprint density at radius 2 is 1.74 bits per heavy atom. The molecule has 0 bridgehead atoms. The minimum Gasteiger partial charge on any atom is -0.481 e. The summed E-state index contributed by atoms with van der Waals surface area (Å²) in [5.74, 6) is 0.473. The predicted octanol–water partition coefficient (Wildman–Crippen LogP) is 5.82. The Labute approximate surface area is 184 Å². The molecule has 2 aromatic carbocycles. The molecule has 162 valence electrons. The summed E-state index contributed by atoms with van der Waals surface area (Å²) in [6.07, 6.45) is 1.96. The van der Waals surface area contributed by atoms with Crippen molar-refractivity contribution in [2.75, 3.05) is 19.0 Å². The first-order valence-electron chi connectivity index (χ1n) is 10.8. The van der Waals surface area contributed by atoms with Gasteiger partial charge in [0.2, 0.25) is 5.88 Å². The van der Waals surface area contributed by atoms with Gasteiger partial charge in [-0.2, -0.15) is 0 Å². The maximum atomic E-state index is 11.5. The fraction of sp³-hybridized carbons (Fsp3) is 0.308. The highest BCUT2D eigenvalue weighted by molar-refractivity contribution is 5.69. The van der Waals surface area contributed by atoms with Crippen molar-refractivity contribution < 1.29 is 14.3 Å². The van der Waals surface area contributed by atoms with Gasteiger partial charge in [-0.15, -0.1) is 0 Å². The van der Waals surface area contributed by atoms with Gasteiger partial charge < -0.3 is 14.8 Å². The summed E-state index contributed by atoms with van der Waals surface area (Å²) >= 11 is 0. The van der Waals surface area contributed by atoms with Crippen molar-refractivity contribution in [3.63, 3.8) is 0 Å². The largest absolute Gasteiger partial charge is 0.481 e. The molecule has 0 amide bonds. The molecule has 5 nitrogen and oxygen atoms in total. The summed E-state index contributed by atoms with van der Waals surface area (Å²) in [4.78, 5) is 16.3. The standard InChI is InChI=1S/C26H30N2O3/c1-4-23(27-21-14-11-19(12-15-21)13-18-25(29)31-5-2)22-16-17-24(28-26(22)30-3)20-9-7-6-8-10-20/h6-12,14-17,23,27H,4-5,13,18H2,1-3H3. The van der Waals surface area contributed by atoms with Crippen molar-refractivity contribution in [1.82, 2.24) is 4.98 Å². The second-order valence-corrected chi connectivity index (χ2v) is 7.27. The average molecular weight is 419 g/mol. The molecule has 1 atom stereocenters. The molecule has 0 aliphatic carbocycles. The van der Waals surface area contributed by atoms with Gasteiger partial charge in [0.05, 0.1) is 25.5 Å². The quantitative estimate of drug-likeness (QED) is 0.421. The number of aryl methyl sites for hydroxylation is 1. The molecule has 0 saturated carbocycles. The lowest BCUT2D eigenvalue weighted by Crippen LogP contribution is -2.12. The number of hydrogen-bond acceptors (Lipinski definition) is 5. The lowest BCUT2D eigenvalue weighted by molar-refractivity contribution is -0.143. The van der Waals surface area contributed by atoms with Gasteiger partial charge >= 0.3 is 5.97 Å². The molecular weight excluding hydrogens is 388 g/mol. The number of carbonyl (C=O) groups is 1. The third kappa shape index (κ3) is 6.07. The van der Waals surface area contributed by atoms with Crippen molar-refractivity contribution in [2.45, 2.75) is 39.2 Å². The number of benzene rings is 2. The van der Waals surface area contributed by atoms with Crippen LogP contribution in [0.2, 0.25) is 0 Å². The van der Waals surface area contributed by atoms with Crippen LogP contribution in [-0.2, 0) is 16.0 Å². The zero-order valence-electron chi connectivity index (χ0n) is 18.4. The molecular formula is C26H30N2O3. The zero-order valence-corrected chi connectivity index (χ0v) is 18.4. The number of rotatable bonds is 10. The molecule has 1 heterocycles. The monoisotopic (exact) mass is 418 g/mol. The van der Waals surface area contributed by atoms with Gasteiger partial charge in [0, 0.05) is 23.2 Å². The Morgan fingerprint density at radius 3 is 2.39 bits per heavy atom. The summed E-state index contributed by atoms with van der Waals surface area (Å²) in [6.45, 7) is 4.38. The molecule has 3 aromatic rings. The van der Waals surface area contributed by atoms with Gasteiger partial charge in [-0.1, -0.05) is 49.4 Å². The van der Waals surface area contributed by atoms with Crippen molar-refractivity contribution >= 4 is 11.7 Å². The van der Waals surface area contributed by atoms with Gasteiger partial charge in [-0.05, 0) is 49.6 Å². The predicted molar refractivity (Wildman–Crippen MR) is 124 cm³/mol. The smallest absolute Gasteiger partial charge is 0.306 e. The fourth-order valence-electron chi connectivity index (χ4n) is 3.50. The summed E-state index contributed by atoms with van der Waals surface area (Å²) < 4.78 is 10.6. The van der Waals surface area contributed by atoms with E-state index in [1.165, 1.54) is 0 Å². The normalized spacial score (nSPS) is 11.6. The van der Waals surface area contributed by atoms with Crippen molar-refractivity contribution in [1.29, 1.82) is 0 Å². The average Bonchev–Trinajstić information content (AvgIpc) is 2.82. The molecule has 0 spiro atoms. The number of aromatic nitrogens is 1. The van der Waals surface area contributed by atoms with E-state index in [1.54, 1.807) is 7.11 Å². The fourth-order valence-corrected chi connectivity index (χ4v) is 3.50. The van der Waals surface area contributed by atoms with E-state index < -0.39 is 0 Å². The first kappa shape index (κ1) is 22.3. The van der Waals surface area contributed by atoms with E-state index in [0.717, 1.165) is 34.5 Å². The van der Waals surface area contributed by atoms with E-state index in [0.29, 0.717) is 25.3 Å². The summed E-state index contributed by atoms with van der Waals surface area (Å²) in [5, 5.41) is 3.58. The number of ether oxygens (including phenoxy) is 2. The molecule has 3 rings (SSSR count). The molecule has 0 saturated heterocycles. The molecule has 0 radical (unpaired) electrons. The molecule has 0 aliphatic rings. The molecule has 31 heavy (non-hydrogen) atoms. The minimum atomic E-state index is -0.158. The Kier molecular flexibility index (Phi) is 8.05. The molecule has 5 heteroatoms. The van der Waals surface area contributed by atoms with E-state index in [1.807, 2.05) is 67.6 Å². The third-order valence-corrected chi connectivity index (χ3v) is 5.15. The van der Waals surface area contributed by atoms with Gasteiger partial charge in [-0.3, -0.25) is 4.79 Å². The lowest BCUT2D eigenvalue weighted by Gasteiger charge is -2.21. The van der Waals surface area contributed by atoms with Crippen LogP contribution in [0.5, 0.6) is 5.88 Å². The number of nitrogens with zero attached hydrogens (tertiary/aromatic N) is 1. The minimum absolute atomic E-state index is 0.0673. The first-order valence-corrected chi connectivity index (χ1v) is 10.8. The Morgan fingerprint density at radius 1 is 1.00 bits per heavy atom. The van der Waals surface area contributed by atoms with Crippen LogP contribution in [0.25, 0.3) is 11.3 Å². The van der Waals surface area contributed by atoms with Gasteiger partial charge in [0.15, 0.2) is 0 Å². The van der Waals surface area contributed by atoms with Crippen LogP contribution in [0.4, 0.5) is 5.69 Å². The van der Waals surface area contributed by atoms with E-state index >= 15 is 0 Å². The van der Waals surface area contributed by atoms with Gasteiger partial charge in [0.25, 0.3) is 0 Å². The SMILES string of the molecule is CCOC(=O)CCc1ccc(NC(CC)c2ccc(-c3ccccc3)nc2OC)cc1. The van der Waals surface area contributed by atoms with E-state index in [9.17, 15) is 4.79 Å². The molecule has 1 aromatic heterocycles. The van der Waals surface area contributed by atoms with Crippen LogP contribution in [-0.4, -0.2) is 24.7 Å². The van der Waals surface area contributed by atoms with Crippen LogP contribution in [0.15, 0.2) is 66.7 Å². The highest BCUT2D eigenvalue weighted by Gasteiger charge is 2.17. The van der Waals surface area contributed by atoms with Crippen molar-refractivity contribution in [3.05, 3.63) is 77.9 Å². The van der Waals surface area contributed by atoms with Gasteiger partial charge in [-0.25, -0.2) is 4.98 Å². The lowest BCUT2D eigenvalue weighted by atomic mass is 10.0. The first-order chi connectivity index (χ1) is 15.1. The van der Waals surface area contributed by atoms with Crippen LogP contribution < -0.4 is 10.1 Å². The van der Waals surface area contributed by atoms with Gasteiger partial charge in [0.1, 0.15) is 0 Å². The number of pyridine rings is 1. The summed E-state index contributed by atoms with van der Waals surface area (Å²) in [5.41, 5.74) is 5.10. The molecule has 1 unspecified atom stereocenters. The number of esters is 1. The maximum absolute atomic E-state index is 11.5. The summed E-state index contributed by atoms with van der Waals surface area (Å²) in [7, 11) is 1.66. The Balaban J connectivity index is 1.71. The van der Waals surface area contributed by atoms with E-state index in [-0.39, 0.29) is 12.0 Å². The molecule has 1 N–H and O–H groups in total. The third-order valence-electron chi connectivity index (χ3n) is 5.15. The van der Waals surface area contributed by atoms with Crippen LogP contribution in [0, 0.1) is 0 Å². The Hall–Kier alpha value is -3.34. The highest BCUT2D eigenvalue weighted by Crippen LogP contribution is 2.31.